The van der Waals surface area contributed by atoms with Crippen LogP contribution in [0.1, 0.15) is 31.9 Å². The van der Waals surface area contributed by atoms with Crippen LogP contribution in [-0.2, 0) is 0 Å². The second-order valence-corrected chi connectivity index (χ2v) is 3.71. The summed E-state index contributed by atoms with van der Waals surface area (Å²) < 4.78 is 0. The van der Waals surface area contributed by atoms with Gasteiger partial charge in [-0.15, -0.1) is 0 Å². The molecule has 0 N–H and O–H groups in total. The van der Waals surface area contributed by atoms with Crippen molar-refractivity contribution in [1.82, 2.24) is 0 Å². The summed E-state index contributed by atoms with van der Waals surface area (Å²) in [4.78, 5) is 0. The average molecular weight is 174 g/mol. The van der Waals surface area contributed by atoms with Crippen molar-refractivity contribution in [3.8, 4) is 0 Å². The van der Waals surface area contributed by atoms with Gasteiger partial charge in [0.25, 0.3) is 0 Å². The number of rotatable bonds is 2. The third kappa shape index (κ3) is 2.21. The van der Waals surface area contributed by atoms with Crippen LogP contribution >= 0.6 is 0 Å². The molecule has 0 unspecified atom stereocenters. The zero-order valence-electron chi connectivity index (χ0n) is 8.96. The minimum Gasteiger partial charge on any atom is -0.0836 e. The molecule has 0 saturated heterocycles. The number of hydrogen-bond acceptors (Lipinski definition) is 0. The van der Waals surface area contributed by atoms with Crippen LogP contribution in [0, 0.1) is 12.8 Å². The van der Waals surface area contributed by atoms with E-state index >= 15 is 0 Å². The largest absolute Gasteiger partial charge is 0.0836 e. The maximum Gasteiger partial charge on any atom is -0.0196 e. The predicted molar refractivity (Wildman–Crippen MR) is 59.7 cm³/mol. The lowest BCUT2D eigenvalue weighted by Crippen LogP contribution is -1.95. The summed E-state index contributed by atoms with van der Waals surface area (Å²) >= 11 is 0. The van der Waals surface area contributed by atoms with Gasteiger partial charge in [0.2, 0.25) is 0 Å². The summed E-state index contributed by atoms with van der Waals surface area (Å²) in [7, 11) is 0. The van der Waals surface area contributed by atoms with Crippen LogP contribution in [0.5, 0.6) is 0 Å². The van der Waals surface area contributed by atoms with Crippen LogP contribution in [0.25, 0.3) is 5.57 Å². The highest BCUT2D eigenvalue weighted by Crippen LogP contribution is 2.25. The molecule has 0 atom stereocenters. The number of aryl methyl sites for hydroxylation is 1. The lowest BCUT2D eigenvalue weighted by Gasteiger charge is -2.13. The molecule has 0 saturated carbocycles. The summed E-state index contributed by atoms with van der Waals surface area (Å²) in [5.74, 6) is 0.603. The molecule has 0 nitrogen and oxygen atoms in total. The molecule has 0 spiro atoms. The molecular formula is C13H18. The monoisotopic (exact) mass is 174 g/mol. The molecule has 1 rings (SSSR count). The Balaban J connectivity index is 3.13. The Labute approximate surface area is 81.3 Å². The zero-order chi connectivity index (χ0) is 9.84. The van der Waals surface area contributed by atoms with Gasteiger partial charge in [0, 0.05) is 0 Å². The van der Waals surface area contributed by atoms with Crippen LogP contribution in [0.4, 0.5) is 0 Å². The van der Waals surface area contributed by atoms with Crippen molar-refractivity contribution < 1.29 is 0 Å². The highest BCUT2D eigenvalue weighted by Gasteiger charge is 2.06. The van der Waals surface area contributed by atoms with Crippen LogP contribution < -0.4 is 0 Å². The van der Waals surface area contributed by atoms with E-state index in [1.165, 1.54) is 16.7 Å². The molecule has 0 heteroatoms. The third-order valence-electron chi connectivity index (χ3n) is 2.39. The zero-order valence-corrected chi connectivity index (χ0v) is 8.96. The maximum absolute atomic E-state index is 2.24. The Hall–Kier alpha value is -1.04. The minimum atomic E-state index is 0.603. The van der Waals surface area contributed by atoms with E-state index < -0.39 is 0 Å². The van der Waals surface area contributed by atoms with E-state index in [4.69, 9.17) is 0 Å². The molecule has 1 aromatic rings. The number of benzene rings is 1. The fraction of sp³-hybridized carbons (Fsp3) is 0.385. The molecule has 0 bridgehead atoms. The summed E-state index contributed by atoms with van der Waals surface area (Å²) in [5, 5.41) is 0. The molecule has 1 aromatic carbocycles. The predicted octanol–water partition coefficient (Wildman–Crippen LogP) is 4.05. The molecule has 0 aliphatic rings. The van der Waals surface area contributed by atoms with Crippen LogP contribution in [0.2, 0.25) is 0 Å². The van der Waals surface area contributed by atoms with Gasteiger partial charge in [-0.1, -0.05) is 44.2 Å². The van der Waals surface area contributed by atoms with Crippen molar-refractivity contribution in [2.24, 2.45) is 5.92 Å². The first-order chi connectivity index (χ1) is 6.16. The minimum absolute atomic E-state index is 0.603. The van der Waals surface area contributed by atoms with Gasteiger partial charge in [-0.05, 0) is 36.5 Å². The molecule has 0 amide bonds. The fourth-order valence-corrected chi connectivity index (χ4v) is 1.70. The van der Waals surface area contributed by atoms with Crippen molar-refractivity contribution in [3.05, 3.63) is 41.5 Å². The Kier molecular flexibility index (Phi) is 3.30. The maximum atomic E-state index is 2.24. The van der Waals surface area contributed by atoms with E-state index in [0.29, 0.717) is 5.92 Å². The summed E-state index contributed by atoms with van der Waals surface area (Å²) in [5.41, 5.74) is 4.20. The molecule has 0 aliphatic heterocycles. The second kappa shape index (κ2) is 4.27. The van der Waals surface area contributed by atoms with Gasteiger partial charge in [0.1, 0.15) is 0 Å². The van der Waals surface area contributed by atoms with Crippen LogP contribution in [0.15, 0.2) is 30.3 Å². The van der Waals surface area contributed by atoms with Crippen LogP contribution in [0.3, 0.4) is 0 Å². The Morgan fingerprint density at radius 2 is 1.85 bits per heavy atom. The highest BCUT2D eigenvalue weighted by atomic mass is 14.1. The van der Waals surface area contributed by atoms with Gasteiger partial charge < -0.3 is 0 Å². The van der Waals surface area contributed by atoms with E-state index in [0.717, 1.165) is 0 Å². The van der Waals surface area contributed by atoms with Crippen LogP contribution in [-0.4, -0.2) is 0 Å². The molecule has 0 heterocycles. The van der Waals surface area contributed by atoms with Gasteiger partial charge in [-0.2, -0.15) is 0 Å². The topological polar surface area (TPSA) is 0 Å². The van der Waals surface area contributed by atoms with Crippen molar-refractivity contribution in [1.29, 1.82) is 0 Å². The van der Waals surface area contributed by atoms with Gasteiger partial charge in [0.05, 0.1) is 0 Å². The van der Waals surface area contributed by atoms with E-state index in [-0.39, 0.29) is 0 Å². The quantitative estimate of drug-likeness (QED) is 0.634. The van der Waals surface area contributed by atoms with Gasteiger partial charge in [0.15, 0.2) is 0 Å². The van der Waals surface area contributed by atoms with Crippen molar-refractivity contribution in [2.75, 3.05) is 0 Å². The molecule has 70 valence electrons. The van der Waals surface area contributed by atoms with E-state index in [2.05, 4.69) is 58.0 Å². The van der Waals surface area contributed by atoms with Gasteiger partial charge >= 0.3 is 0 Å². The van der Waals surface area contributed by atoms with Crippen molar-refractivity contribution in [2.45, 2.75) is 27.7 Å². The molecule has 0 aromatic heterocycles. The summed E-state index contributed by atoms with van der Waals surface area (Å²) in [6, 6.07) is 8.56. The smallest absolute Gasteiger partial charge is 0.0196 e. The fourth-order valence-electron chi connectivity index (χ4n) is 1.70. The summed E-state index contributed by atoms with van der Waals surface area (Å²) in [6.07, 6.45) is 2.22. The van der Waals surface area contributed by atoms with Gasteiger partial charge in [-0.25, -0.2) is 0 Å². The first-order valence-corrected chi connectivity index (χ1v) is 4.89. The van der Waals surface area contributed by atoms with E-state index in [1.807, 2.05) is 0 Å². The van der Waals surface area contributed by atoms with E-state index in [1.54, 1.807) is 0 Å². The number of allylic oxidation sites excluding steroid dienone is 2. The normalized spacial score (nSPS) is 12.2. The summed E-state index contributed by atoms with van der Waals surface area (Å²) in [6.45, 7) is 8.76. The lowest BCUT2D eigenvalue weighted by atomic mass is 9.92. The molecular weight excluding hydrogens is 156 g/mol. The average Bonchev–Trinajstić information content (AvgIpc) is 2.09. The number of hydrogen-bond donors (Lipinski definition) is 0. The first-order valence-electron chi connectivity index (χ1n) is 4.89. The standard InChI is InChI=1S/C13H18/c1-5-12(10(2)3)13-9-7-6-8-11(13)4/h5-10H,1-4H3/b12-5-. The molecule has 0 aliphatic carbocycles. The van der Waals surface area contributed by atoms with Gasteiger partial charge in [-0.3, -0.25) is 0 Å². The molecule has 13 heavy (non-hydrogen) atoms. The Bertz CT molecular complexity index is 306. The molecule has 0 fully saturated rings. The highest BCUT2D eigenvalue weighted by molar-refractivity contribution is 5.69. The SMILES string of the molecule is C/C=C(\c1ccccc1C)C(C)C. The Morgan fingerprint density at radius 1 is 1.23 bits per heavy atom. The Morgan fingerprint density at radius 3 is 2.31 bits per heavy atom. The molecule has 0 radical (unpaired) electrons. The van der Waals surface area contributed by atoms with E-state index in [9.17, 15) is 0 Å². The van der Waals surface area contributed by atoms with Crippen molar-refractivity contribution in [3.63, 3.8) is 0 Å². The second-order valence-electron chi connectivity index (χ2n) is 3.71. The third-order valence-corrected chi connectivity index (χ3v) is 2.39. The lowest BCUT2D eigenvalue weighted by molar-refractivity contribution is 0.852. The first kappa shape index (κ1) is 10.0. The van der Waals surface area contributed by atoms with Crippen molar-refractivity contribution >= 4 is 5.57 Å².